The Kier molecular flexibility index (Phi) is 2.21. The monoisotopic (exact) mass is 276 g/mol. The van der Waals surface area contributed by atoms with Crippen LogP contribution in [0.3, 0.4) is 0 Å². The number of aryl methyl sites for hydroxylation is 1. The molecule has 2 heterocycles. The number of hydrogen-bond donors (Lipinski definition) is 1. The minimum absolute atomic E-state index is 0.636. The molecule has 66 valence electrons. The van der Waals surface area contributed by atoms with Gasteiger partial charge < -0.3 is 0 Å². The number of aromatic nitrogens is 1. The Balaban J connectivity index is 2.38. The fraction of sp³-hybridized carbons (Fsp3) is 0.444. The molecule has 1 aromatic heterocycles. The Morgan fingerprint density at radius 1 is 1.50 bits per heavy atom. The second-order valence-electron chi connectivity index (χ2n) is 2.85. The molecule has 0 bridgehead atoms. The van der Waals surface area contributed by atoms with E-state index in [0.717, 1.165) is 6.42 Å². The Morgan fingerprint density at radius 2 is 2.25 bits per heavy atom. The van der Waals surface area contributed by atoms with Crippen molar-refractivity contribution in [3.63, 3.8) is 0 Å². The van der Waals surface area contributed by atoms with Gasteiger partial charge in [0.25, 0.3) is 0 Å². The number of nitrogens with zero attached hydrogens (tertiary/aromatic N) is 1. The van der Waals surface area contributed by atoms with Gasteiger partial charge in [-0.2, -0.15) is 0 Å². The summed E-state index contributed by atoms with van der Waals surface area (Å²) in [6, 6.07) is 4.16. The van der Waals surface area contributed by atoms with E-state index in [-0.39, 0.29) is 0 Å². The van der Waals surface area contributed by atoms with E-state index < -0.39 is 19.8 Å². The van der Waals surface area contributed by atoms with Crippen molar-refractivity contribution < 1.29 is 0 Å². The van der Waals surface area contributed by atoms with Crippen LogP contribution in [-0.4, -0.2) is 13.8 Å². The summed E-state index contributed by atoms with van der Waals surface area (Å²) in [5.41, 5.74) is 6.89. The predicted octanol–water partition coefficient (Wildman–Crippen LogP) is 1.92. The van der Waals surface area contributed by atoms with Crippen molar-refractivity contribution in [2.24, 2.45) is 0 Å². The molecule has 2 rings (SSSR count). The Hall–Kier alpha value is -0.320. The van der Waals surface area contributed by atoms with Crippen LogP contribution >= 0.6 is 19.8 Å². The predicted molar refractivity (Wildman–Crippen MR) is 60.5 cm³/mol. The van der Waals surface area contributed by atoms with Gasteiger partial charge in [-0.25, -0.2) is 0 Å². The van der Waals surface area contributed by atoms with E-state index in [2.05, 4.69) is 18.0 Å². The fourth-order valence-electron chi connectivity index (χ4n) is 1.23. The summed E-state index contributed by atoms with van der Waals surface area (Å²) in [6.07, 6.45) is 1.04. The number of rotatable bonds is 2. The normalized spacial score (nSPS) is 17.9. The fourth-order valence-corrected chi connectivity index (χ4v) is 6.04. The van der Waals surface area contributed by atoms with Crippen molar-refractivity contribution in [1.29, 1.82) is 0 Å². The van der Waals surface area contributed by atoms with E-state index in [1.165, 1.54) is 14.5 Å². The molecule has 1 aromatic rings. The zero-order valence-corrected chi connectivity index (χ0v) is 9.34. The summed E-state index contributed by atoms with van der Waals surface area (Å²) in [6.45, 7) is 2.16. The van der Waals surface area contributed by atoms with Crippen LogP contribution in [0.1, 0.15) is 12.6 Å². The average molecular weight is 276 g/mol. The first-order valence-corrected chi connectivity index (χ1v) is 8.31. The molecule has 0 atom stereocenters. The van der Waals surface area contributed by atoms with E-state index in [9.17, 15) is 0 Å². The van der Waals surface area contributed by atoms with Crippen LogP contribution in [0, 0.1) is 3.57 Å². The minimum atomic E-state index is -0.636. The number of nitrogens with two attached hydrogens (primary N) is 1. The van der Waals surface area contributed by atoms with E-state index in [4.69, 9.17) is 5.73 Å². The number of pyridine rings is 1. The molecule has 0 unspecified atom stereocenters. The molecule has 3 heteroatoms. The second kappa shape index (κ2) is 3.20. The van der Waals surface area contributed by atoms with Gasteiger partial charge in [0.2, 0.25) is 0 Å². The van der Waals surface area contributed by atoms with E-state index in [1.807, 2.05) is 6.07 Å². The van der Waals surface area contributed by atoms with Gasteiger partial charge >= 0.3 is 80.0 Å². The number of hydrogen-bond acceptors (Lipinski definition) is 2. The molecule has 0 radical (unpaired) electrons. The molecule has 0 saturated carbocycles. The molecule has 2 nitrogen and oxygen atoms in total. The van der Waals surface area contributed by atoms with Gasteiger partial charge in [-0.3, -0.25) is 0 Å². The van der Waals surface area contributed by atoms with Crippen LogP contribution in [0.5, 0.6) is 0 Å². The van der Waals surface area contributed by atoms with E-state index in [1.54, 1.807) is 3.57 Å². The summed E-state index contributed by atoms with van der Waals surface area (Å²) in [7, 11) is 0. The van der Waals surface area contributed by atoms with Gasteiger partial charge in [0.15, 0.2) is 0 Å². The number of nitrogen functional groups attached to an aromatic ring is 1. The van der Waals surface area contributed by atoms with Crippen LogP contribution in [0.2, 0.25) is 0 Å². The standard InChI is InChI=1S/C9H13IN2/c1-2-8-7(10-5-6-10)3-4-9(11)12-8/h3-4H,2,5-6H2,1H3,(H2,11,12). The van der Waals surface area contributed by atoms with Gasteiger partial charge in [0.1, 0.15) is 0 Å². The van der Waals surface area contributed by atoms with E-state index >= 15 is 0 Å². The SMILES string of the molecule is CCc1nc(N)ccc1I1CC1. The van der Waals surface area contributed by atoms with Crippen molar-refractivity contribution in [2.75, 3.05) is 14.6 Å². The summed E-state index contributed by atoms with van der Waals surface area (Å²) < 4.78 is 4.56. The zero-order chi connectivity index (χ0) is 8.55. The zero-order valence-electron chi connectivity index (χ0n) is 7.18. The van der Waals surface area contributed by atoms with Gasteiger partial charge in [0, 0.05) is 0 Å². The molecule has 12 heavy (non-hydrogen) atoms. The summed E-state index contributed by atoms with van der Waals surface area (Å²) >= 11 is -0.636. The first-order valence-electron chi connectivity index (χ1n) is 4.18. The van der Waals surface area contributed by atoms with Gasteiger partial charge in [-0.15, -0.1) is 0 Å². The quantitative estimate of drug-likeness (QED) is 0.662. The first kappa shape index (κ1) is 8.29. The van der Waals surface area contributed by atoms with Gasteiger partial charge in [-0.05, 0) is 0 Å². The summed E-state index contributed by atoms with van der Waals surface area (Å²) in [4.78, 5) is 4.37. The van der Waals surface area contributed by atoms with Crippen molar-refractivity contribution in [3.05, 3.63) is 21.4 Å². The van der Waals surface area contributed by atoms with Crippen LogP contribution in [0.4, 0.5) is 5.82 Å². The Morgan fingerprint density at radius 3 is 2.83 bits per heavy atom. The second-order valence-corrected chi connectivity index (χ2v) is 8.78. The molecule has 1 aliphatic heterocycles. The molecular formula is C9H13IN2. The molecule has 2 N–H and O–H groups in total. The van der Waals surface area contributed by atoms with Crippen LogP contribution in [-0.2, 0) is 6.42 Å². The summed E-state index contributed by atoms with van der Waals surface area (Å²) in [5.74, 6) is 0.674. The molecule has 1 saturated heterocycles. The molecule has 1 fully saturated rings. The van der Waals surface area contributed by atoms with Crippen molar-refractivity contribution in [3.8, 4) is 0 Å². The van der Waals surface area contributed by atoms with Crippen molar-refractivity contribution in [1.82, 2.24) is 4.98 Å². The average Bonchev–Trinajstić information content (AvgIpc) is 2.87. The third kappa shape index (κ3) is 1.55. The molecule has 0 amide bonds. The van der Waals surface area contributed by atoms with E-state index in [0.29, 0.717) is 5.82 Å². The maximum absolute atomic E-state index is 5.63. The molecule has 1 aliphatic rings. The molecule has 0 aromatic carbocycles. The van der Waals surface area contributed by atoms with Gasteiger partial charge in [-0.1, -0.05) is 0 Å². The van der Waals surface area contributed by atoms with Crippen LogP contribution < -0.4 is 5.73 Å². The van der Waals surface area contributed by atoms with Crippen molar-refractivity contribution in [2.45, 2.75) is 13.3 Å². The Bertz CT molecular complexity index is 295. The molecule has 0 spiro atoms. The number of alkyl halides is 2. The molecular weight excluding hydrogens is 263 g/mol. The Labute approximate surface area is 80.0 Å². The van der Waals surface area contributed by atoms with Gasteiger partial charge in [0.05, 0.1) is 0 Å². The van der Waals surface area contributed by atoms with Crippen molar-refractivity contribution >= 4 is 25.6 Å². The van der Waals surface area contributed by atoms with Crippen LogP contribution in [0.25, 0.3) is 0 Å². The first-order chi connectivity index (χ1) is 5.81. The summed E-state index contributed by atoms with van der Waals surface area (Å²) in [5, 5.41) is 0. The topological polar surface area (TPSA) is 38.9 Å². The molecule has 0 aliphatic carbocycles. The number of anilines is 1. The van der Waals surface area contributed by atoms with Crippen LogP contribution in [0.15, 0.2) is 12.1 Å². The maximum atomic E-state index is 5.63. The third-order valence-corrected chi connectivity index (χ3v) is 6.72. The number of halogens is 1. The third-order valence-electron chi connectivity index (χ3n) is 1.94.